The fourth-order valence-electron chi connectivity index (χ4n) is 3.13. The lowest BCUT2D eigenvalue weighted by Crippen LogP contribution is -2.50. The molecular weight excluding hydrogens is 246 g/mol. The van der Waals surface area contributed by atoms with Crippen molar-refractivity contribution in [2.24, 2.45) is 0 Å². The molecule has 2 fully saturated rings. The Kier molecular flexibility index (Phi) is 5.60. The molecule has 0 aromatic rings. The summed E-state index contributed by atoms with van der Waals surface area (Å²) in [6.45, 7) is 2.49. The molecule has 1 aliphatic heterocycles. The van der Waals surface area contributed by atoms with Gasteiger partial charge in [0.1, 0.15) is 0 Å². The minimum absolute atomic E-state index is 0.0240. The number of morpholine rings is 1. The summed E-state index contributed by atoms with van der Waals surface area (Å²) in [4.78, 5) is 13.8. The third-order valence-electron chi connectivity index (χ3n) is 4.24. The molecule has 0 radical (unpaired) electrons. The number of nitrogens with zero attached hydrogens (tertiary/aromatic N) is 1. The van der Waals surface area contributed by atoms with Crippen LogP contribution in [0.25, 0.3) is 0 Å². The van der Waals surface area contributed by atoms with Gasteiger partial charge in [0.05, 0.1) is 32.3 Å². The predicted octanol–water partition coefficient (Wildman–Crippen LogP) is 1.21. The third-order valence-corrected chi connectivity index (χ3v) is 4.24. The molecule has 0 spiro atoms. The molecule has 0 aromatic heterocycles. The summed E-state index contributed by atoms with van der Waals surface area (Å²) in [6, 6.07) is 0.572. The maximum absolute atomic E-state index is 11.3. The molecule has 19 heavy (non-hydrogen) atoms. The van der Waals surface area contributed by atoms with E-state index in [1.807, 2.05) is 0 Å². The summed E-state index contributed by atoms with van der Waals surface area (Å²) in [7, 11) is 3.22. The lowest BCUT2D eigenvalue weighted by molar-refractivity contribution is -0.146. The Morgan fingerprint density at radius 1 is 1.37 bits per heavy atom. The van der Waals surface area contributed by atoms with Gasteiger partial charge in [-0.3, -0.25) is 9.69 Å². The molecule has 0 aromatic carbocycles. The first-order valence-electron chi connectivity index (χ1n) is 7.18. The van der Waals surface area contributed by atoms with Crippen molar-refractivity contribution < 1.29 is 19.0 Å². The number of ether oxygens (including phenoxy) is 3. The molecule has 5 nitrogen and oxygen atoms in total. The summed E-state index contributed by atoms with van der Waals surface area (Å²) in [5.74, 6) is -0.190. The van der Waals surface area contributed by atoms with Crippen LogP contribution in [0.2, 0.25) is 0 Å². The van der Waals surface area contributed by atoms with Crippen molar-refractivity contribution in [3.63, 3.8) is 0 Å². The van der Waals surface area contributed by atoms with Gasteiger partial charge in [-0.15, -0.1) is 0 Å². The Bertz CT molecular complexity index is 297. The quantitative estimate of drug-likeness (QED) is 0.719. The molecule has 2 aliphatic rings. The normalized spacial score (nSPS) is 33.1. The van der Waals surface area contributed by atoms with Gasteiger partial charge in [0.2, 0.25) is 0 Å². The van der Waals surface area contributed by atoms with E-state index in [0.29, 0.717) is 25.2 Å². The van der Waals surface area contributed by atoms with Crippen LogP contribution < -0.4 is 0 Å². The topological polar surface area (TPSA) is 48.0 Å². The van der Waals surface area contributed by atoms with Crippen molar-refractivity contribution in [2.45, 2.75) is 50.4 Å². The highest BCUT2D eigenvalue weighted by atomic mass is 16.5. The molecular formula is C14H25NO4. The van der Waals surface area contributed by atoms with Gasteiger partial charge in [-0.25, -0.2) is 0 Å². The number of hydrogen-bond acceptors (Lipinski definition) is 5. The molecule has 0 N–H and O–H groups in total. The van der Waals surface area contributed by atoms with Gasteiger partial charge in [-0.2, -0.15) is 0 Å². The smallest absolute Gasteiger partial charge is 0.308 e. The van der Waals surface area contributed by atoms with Gasteiger partial charge in [0, 0.05) is 26.2 Å². The van der Waals surface area contributed by atoms with Gasteiger partial charge in [-0.1, -0.05) is 0 Å². The zero-order chi connectivity index (χ0) is 13.7. The van der Waals surface area contributed by atoms with E-state index in [2.05, 4.69) is 4.90 Å². The lowest BCUT2D eigenvalue weighted by atomic mass is 9.91. The fourth-order valence-corrected chi connectivity index (χ4v) is 3.13. The van der Waals surface area contributed by atoms with Crippen molar-refractivity contribution in [3.8, 4) is 0 Å². The van der Waals surface area contributed by atoms with Crippen LogP contribution in [0.1, 0.15) is 32.1 Å². The van der Waals surface area contributed by atoms with Crippen LogP contribution in [-0.4, -0.2) is 63.0 Å². The number of methoxy groups -OCH3 is 2. The van der Waals surface area contributed by atoms with Gasteiger partial charge in [0.15, 0.2) is 0 Å². The van der Waals surface area contributed by atoms with Gasteiger partial charge in [0.25, 0.3) is 0 Å². The standard InChI is InChI=1S/C14H25NO4/c1-17-12-5-3-4-11(8-12)15-6-7-19-13(10-15)9-14(16)18-2/h11-13H,3-10H2,1-2H3. The molecule has 1 saturated heterocycles. The molecule has 0 bridgehead atoms. The van der Waals surface area contributed by atoms with Crippen molar-refractivity contribution >= 4 is 5.97 Å². The van der Waals surface area contributed by atoms with Crippen molar-refractivity contribution in [1.29, 1.82) is 0 Å². The zero-order valence-electron chi connectivity index (χ0n) is 12.0. The SMILES string of the molecule is COC(=O)CC1CN(C2CCCC(OC)C2)CCO1. The molecule has 3 atom stereocenters. The first-order chi connectivity index (χ1) is 9.22. The second-order valence-corrected chi connectivity index (χ2v) is 5.45. The average molecular weight is 271 g/mol. The Balaban J connectivity index is 1.84. The maximum atomic E-state index is 11.3. The highest BCUT2D eigenvalue weighted by molar-refractivity contribution is 5.69. The first kappa shape index (κ1) is 14.8. The Morgan fingerprint density at radius 3 is 2.95 bits per heavy atom. The number of esters is 1. The van der Waals surface area contributed by atoms with E-state index in [4.69, 9.17) is 14.2 Å². The van der Waals surface area contributed by atoms with Crippen LogP contribution in [-0.2, 0) is 19.0 Å². The molecule has 2 rings (SSSR count). The van der Waals surface area contributed by atoms with E-state index < -0.39 is 0 Å². The number of hydrogen-bond donors (Lipinski definition) is 0. The number of carbonyl (C=O) groups excluding carboxylic acids is 1. The molecule has 3 unspecified atom stereocenters. The monoisotopic (exact) mass is 271 g/mol. The number of rotatable bonds is 4. The van der Waals surface area contributed by atoms with E-state index >= 15 is 0 Å². The number of carbonyl (C=O) groups is 1. The van der Waals surface area contributed by atoms with E-state index in [1.54, 1.807) is 7.11 Å². The van der Waals surface area contributed by atoms with E-state index in [9.17, 15) is 4.79 Å². The predicted molar refractivity (Wildman–Crippen MR) is 71.0 cm³/mol. The van der Waals surface area contributed by atoms with Crippen LogP contribution in [0.4, 0.5) is 0 Å². The summed E-state index contributed by atoms with van der Waals surface area (Å²) in [6.07, 6.45) is 5.44. The Morgan fingerprint density at radius 2 is 2.21 bits per heavy atom. The van der Waals surface area contributed by atoms with Gasteiger partial charge in [-0.05, 0) is 25.7 Å². The summed E-state index contributed by atoms with van der Waals surface area (Å²) >= 11 is 0. The van der Waals surface area contributed by atoms with Gasteiger partial charge >= 0.3 is 5.97 Å². The van der Waals surface area contributed by atoms with Crippen LogP contribution in [0.15, 0.2) is 0 Å². The van der Waals surface area contributed by atoms with Crippen LogP contribution in [0, 0.1) is 0 Å². The fraction of sp³-hybridized carbons (Fsp3) is 0.929. The summed E-state index contributed by atoms with van der Waals surface area (Å²) in [5.41, 5.74) is 0. The van der Waals surface area contributed by atoms with Crippen LogP contribution in [0.3, 0.4) is 0 Å². The third kappa shape index (κ3) is 4.16. The van der Waals surface area contributed by atoms with Gasteiger partial charge < -0.3 is 14.2 Å². The Labute approximate surface area is 115 Å². The molecule has 1 aliphatic carbocycles. The molecule has 0 amide bonds. The van der Waals surface area contributed by atoms with Crippen molar-refractivity contribution in [2.75, 3.05) is 33.9 Å². The summed E-state index contributed by atoms with van der Waals surface area (Å²) in [5, 5.41) is 0. The highest BCUT2D eigenvalue weighted by Crippen LogP contribution is 2.26. The molecule has 110 valence electrons. The Hall–Kier alpha value is -0.650. The van der Waals surface area contributed by atoms with E-state index in [0.717, 1.165) is 19.5 Å². The van der Waals surface area contributed by atoms with Crippen LogP contribution >= 0.6 is 0 Å². The molecule has 1 saturated carbocycles. The maximum Gasteiger partial charge on any atom is 0.308 e. The first-order valence-corrected chi connectivity index (χ1v) is 7.18. The second kappa shape index (κ2) is 7.22. The largest absolute Gasteiger partial charge is 0.469 e. The second-order valence-electron chi connectivity index (χ2n) is 5.45. The minimum Gasteiger partial charge on any atom is -0.469 e. The average Bonchev–Trinajstić information content (AvgIpc) is 2.47. The van der Waals surface area contributed by atoms with Crippen molar-refractivity contribution in [3.05, 3.63) is 0 Å². The lowest BCUT2D eigenvalue weighted by Gasteiger charge is -2.41. The van der Waals surface area contributed by atoms with Crippen LogP contribution in [0.5, 0.6) is 0 Å². The van der Waals surface area contributed by atoms with E-state index in [1.165, 1.54) is 26.4 Å². The van der Waals surface area contributed by atoms with E-state index in [-0.39, 0.29) is 12.1 Å². The molecule has 1 heterocycles. The molecule has 5 heteroatoms. The zero-order valence-corrected chi connectivity index (χ0v) is 12.0. The summed E-state index contributed by atoms with van der Waals surface area (Å²) < 4.78 is 15.9. The van der Waals surface area contributed by atoms with Crippen molar-refractivity contribution in [1.82, 2.24) is 4.90 Å². The minimum atomic E-state index is -0.190. The highest BCUT2D eigenvalue weighted by Gasteiger charge is 2.31.